The van der Waals surface area contributed by atoms with Crippen molar-refractivity contribution in [1.82, 2.24) is 15.5 Å². The summed E-state index contributed by atoms with van der Waals surface area (Å²) in [5.41, 5.74) is 0. The number of nitrogens with zero attached hydrogens (tertiary/aromatic N) is 3. The molecule has 0 saturated carbocycles. The van der Waals surface area contributed by atoms with Crippen LogP contribution in [-0.2, 0) is 6.54 Å². The lowest BCUT2D eigenvalue weighted by atomic mass is 9.97. The predicted octanol–water partition coefficient (Wildman–Crippen LogP) is 1.57. The Kier molecular flexibility index (Phi) is 3.74. The highest BCUT2D eigenvalue weighted by Gasteiger charge is 2.41. The number of alkyl halides is 3. The third-order valence-electron chi connectivity index (χ3n) is 3.01. The fraction of sp³-hybridized carbons (Fsp3) is 0.800. The highest BCUT2D eigenvalue weighted by Crippen LogP contribution is 2.35. The summed E-state index contributed by atoms with van der Waals surface area (Å²) in [5, 5.41) is 10.5. The molecule has 8 heteroatoms. The van der Waals surface area contributed by atoms with Crippen LogP contribution >= 0.6 is 0 Å². The number of rotatable bonds is 3. The van der Waals surface area contributed by atoms with Gasteiger partial charge in [-0.1, -0.05) is 5.10 Å². The summed E-state index contributed by atoms with van der Waals surface area (Å²) in [6, 6.07) is 0.306. The molecule has 1 aromatic rings. The van der Waals surface area contributed by atoms with Gasteiger partial charge in [0.25, 0.3) is 0 Å². The van der Waals surface area contributed by atoms with Gasteiger partial charge in [0, 0.05) is 13.1 Å². The van der Waals surface area contributed by atoms with E-state index in [0.29, 0.717) is 31.5 Å². The van der Waals surface area contributed by atoms with Crippen LogP contribution < -0.4 is 10.2 Å². The Morgan fingerprint density at radius 3 is 2.56 bits per heavy atom. The maximum absolute atomic E-state index is 12.5. The van der Waals surface area contributed by atoms with Crippen LogP contribution in [0.1, 0.15) is 18.7 Å². The van der Waals surface area contributed by atoms with E-state index >= 15 is 0 Å². The van der Waals surface area contributed by atoms with Crippen LogP contribution in [0.3, 0.4) is 0 Å². The highest BCUT2D eigenvalue weighted by atomic mass is 19.4. The van der Waals surface area contributed by atoms with E-state index in [1.807, 2.05) is 0 Å². The number of halogens is 3. The second-order valence-corrected chi connectivity index (χ2v) is 4.31. The van der Waals surface area contributed by atoms with Gasteiger partial charge in [-0.3, -0.25) is 0 Å². The van der Waals surface area contributed by atoms with E-state index in [1.54, 1.807) is 11.9 Å². The minimum absolute atomic E-state index is 0.0766. The Bertz CT molecular complexity index is 385. The van der Waals surface area contributed by atoms with Crippen molar-refractivity contribution < 1.29 is 17.6 Å². The third kappa shape index (κ3) is 2.92. The number of hydrogen-bond acceptors (Lipinski definition) is 5. The van der Waals surface area contributed by atoms with E-state index in [-0.39, 0.29) is 12.8 Å². The normalized spacial score (nSPS) is 18.3. The maximum atomic E-state index is 12.5. The van der Waals surface area contributed by atoms with Crippen LogP contribution in [0.25, 0.3) is 0 Å². The molecule has 0 atom stereocenters. The third-order valence-corrected chi connectivity index (χ3v) is 3.01. The first-order chi connectivity index (χ1) is 8.50. The minimum Gasteiger partial charge on any atom is -0.407 e. The van der Waals surface area contributed by atoms with Crippen LogP contribution in [-0.4, -0.2) is 36.5 Å². The Morgan fingerprint density at radius 1 is 1.33 bits per heavy atom. The molecule has 1 fully saturated rings. The molecule has 0 spiro atoms. The molecule has 0 radical (unpaired) electrons. The van der Waals surface area contributed by atoms with Gasteiger partial charge in [-0.2, -0.15) is 13.2 Å². The van der Waals surface area contributed by atoms with Gasteiger partial charge in [-0.05, 0) is 19.9 Å². The molecule has 102 valence electrons. The first-order valence-corrected chi connectivity index (χ1v) is 5.79. The van der Waals surface area contributed by atoms with Crippen molar-refractivity contribution in [3.63, 3.8) is 0 Å². The second kappa shape index (κ2) is 5.13. The summed E-state index contributed by atoms with van der Waals surface area (Å²) < 4.78 is 42.8. The average molecular weight is 264 g/mol. The summed E-state index contributed by atoms with van der Waals surface area (Å²) in [7, 11) is 1.75. The molecule has 5 nitrogen and oxygen atoms in total. The number of anilines is 1. The van der Waals surface area contributed by atoms with Crippen molar-refractivity contribution in [2.24, 2.45) is 5.92 Å². The fourth-order valence-corrected chi connectivity index (χ4v) is 1.99. The molecular formula is C10H15F3N4O. The summed E-state index contributed by atoms with van der Waals surface area (Å²) in [6.07, 6.45) is -3.95. The molecule has 2 rings (SSSR count). The molecule has 1 aliphatic rings. The lowest BCUT2D eigenvalue weighted by Crippen LogP contribution is -2.39. The van der Waals surface area contributed by atoms with Gasteiger partial charge >= 0.3 is 12.2 Å². The molecule has 0 bridgehead atoms. The second-order valence-electron chi connectivity index (χ2n) is 4.31. The van der Waals surface area contributed by atoms with Crippen LogP contribution in [0.5, 0.6) is 0 Å². The van der Waals surface area contributed by atoms with Crippen LogP contribution in [0.4, 0.5) is 19.2 Å². The molecule has 0 aliphatic carbocycles. The molecule has 18 heavy (non-hydrogen) atoms. The molecule has 1 aliphatic heterocycles. The fourth-order valence-electron chi connectivity index (χ4n) is 1.99. The predicted molar refractivity (Wildman–Crippen MR) is 58.1 cm³/mol. The summed E-state index contributed by atoms with van der Waals surface area (Å²) in [6.45, 7) is 1.04. The molecule has 2 heterocycles. The van der Waals surface area contributed by atoms with E-state index in [1.165, 1.54) is 0 Å². The van der Waals surface area contributed by atoms with E-state index < -0.39 is 12.1 Å². The largest absolute Gasteiger partial charge is 0.407 e. The minimum atomic E-state index is -4.10. The standard InChI is InChI=1S/C10H15F3N4O/c1-14-6-8-15-16-9(18-8)17-4-2-7(3-5-17)10(11,12)13/h7,14H,2-6H2,1H3. The summed E-state index contributed by atoms with van der Waals surface area (Å²) in [5.74, 6) is -0.779. The van der Waals surface area contributed by atoms with Crippen molar-refractivity contribution in [2.75, 3.05) is 25.0 Å². The van der Waals surface area contributed by atoms with Crippen molar-refractivity contribution in [1.29, 1.82) is 0 Å². The zero-order valence-corrected chi connectivity index (χ0v) is 10.00. The lowest BCUT2D eigenvalue weighted by molar-refractivity contribution is -0.179. The van der Waals surface area contributed by atoms with Gasteiger partial charge in [0.15, 0.2) is 0 Å². The quantitative estimate of drug-likeness (QED) is 0.898. The molecule has 0 aromatic carbocycles. The zero-order valence-electron chi connectivity index (χ0n) is 10.00. The molecule has 1 N–H and O–H groups in total. The van der Waals surface area contributed by atoms with Crippen molar-refractivity contribution in [3.05, 3.63) is 5.89 Å². The van der Waals surface area contributed by atoms with E-state index in [4.69, 9.17) is 4.42 Å². The summed E-state index contributed by atoms with van der Waals surface area (Å²) in [4.78, 5) is 1.70. The van der Waals surface area contributed by atoms with Gasteiger partial charge in [0.1, 0.15) is 0 Å². The number of nitrogens with one attached hydrogen (secondary N) is 1. The van der Waals surface area contributed by atoms with Gasteiger partial charge in [-0.15, -0.1) is 5.10 Å². The van der Waals surface area contributed by atoms with Crippen molar-refractivity contribution in [3.8, 4) is 0 Å². The highest BCUT2D eigenvalue weighted by molar-refractivity contribution is 5.24. The molecule has 1 aromatic heterocycles. The molecule has 1 saturated heterocycles. The van der Waals surface area contributed by atoms with Crippen LogP contribution in [0.2, 0.25) is 0 Å². The van der Waals surface area contributed by atoms with E-state index in [2.05, 4.69) is 15.5 Å². The smallest absolute Gasteiger partial charge is 0.391 e. The van der Waals surface area contributed by atoms with Crippen molar-refractivity contribution >= 4 is 6.01 Å². The Hall–Kier alpha value is -1.31. The molecular weight excluding hydrogens is 249 g/mol. The maximum Gasteiger partial charge on any atom is 0.391 e. The monoisotopic (exact) mass is 264 g/mol. The number of aromatic nitrogens is 2. The van der Waals surface area contributed by atoms with Gasteiger partial charge in [-0.25, -0.2) is 0 Å². The Balaban J connectivity index is 1.92. The Labute approximate surface area is 102 Å². The van der Waals surface area contributed by atoms with E-state index in [0.717, 1.165) is 0 Å². The first-order valence-electron chi connectivity index (χ1n) is 5.79. The first kappa shape index (κ1) is 13.1. The summed E-state index contributed by atoms with van der Waals surface area (Å²) >= 11 is 0. The van der Waals surface area contributed by atoms with Crippen LogP contribution in [0.15, 0.2) is 4.42 Å². The lowest BCUT2D eigenvalue weighted by Gasteiger charge is -2.31. The van der Waals surface area contributed by atoms with Gasteiger partial charge in [0.05, 0.1) is 12.5 Å². The zero-order chi connectivity index (χ0) is 13.2. The number of hydrogen-bond donors (Lipinski definition) is 1. The topological polar surface area (TPSA) is 54.2 Å². The molecule has 0 amide bonds. The van der Waals surface area contributed by atoms with Gasteiger partial charge < -0.3 is 14.6 Å². The molecule has 0 unspecified atom stereocenters. The SMILES string of the molecule is CNCc1nnc(N2CCC(C(F)(F)F)CC2)o1. The van der Waals surface area contributed by atoms with Gasteiger partial charge in [0.2, 0.25) is 5.89 Å². The number of piperidine rings is 1. The average Bonchev–Trinajstić information content (AvgIpc) is 2.77. The Morgan fingerprint density at radius 2 is 2.00 bits per heavy atom. The van der Waals surface area contributed by atoms with Crippen molar-refractivity contribution in [2.45, 2.75) is 25.6 Å². The van der Waals surface area contributed by atoms with Crippen LogP contribution in [0, 0.1) is 5.92 Å². The van der Waals surface area contributed by atoms with E-state index in [9.17, 15) is 13.2 Å².